The van der Waals surface area contributed by atoms with Crippen LogP contribution in [0, 0.1) is 4.77 Å². The second-order valence-corrected chi connectivity index (χ2v) is 5.65. The van der Waals surface area contributed by atoms with Crippen LogP contribution < -0.4 is 5.32 Å². The van der Waals surface area contributed by atoms with E-state index in [2.05, 4.69) is 22.3 Å². The molecule has 0 radical (unpaired) electrons. The summed E-state index contributed by atoms with van der Waals surface area (Å²) >= 11 is 5.43. The van der Waals surface area contributed by atoms with Gasteiger partial charge in [0.2, 0.25) is 5.91 Å². The zero-order chi connectivity index (χ0) is 14.3. The molecule has 1 aliphatic heterocycles. The summed E-state index contributed by atoms with van der Waals surface area (Å²) < 4.78 is 4.35. The minimum atomic E-state index is -0.227. The summed E-state index contributed by atoms with van der Waals surface area (Å²) in [6.07, 6.45) is 3.73. The normalized spacial score (nSPS) is 19.5. The van der Waals surface area contributed by atoms with Gasteiger partial charge in [-0.15, -0.1) is 0 Å². The lowest BCUT2D eigenvalue weighted by atomic mass is 10.1. The van der Waals surface area contributed by atoms with E-state index >= 15 is 0 Å². The van der Waals surface area contributed by atoms with Gasteiger partial charge in [0.1, 0.15) is 11.6 Å². The molecule has 0 spiro atoms. The lowest BCUT2D eigenvalue weighted by Gasteiger charge is -2.23. The van der Waals surface area contributed by atoms with Crippen LogP contribution in [0.25, 0.3) is 11.2 Å². The molecule has 3 heterocycles. The van der Waals surface area contributed by atoms with Crippen molar-refractivity contribution < 1.29 is 4.79 Å². The zero-order valence-electron chi connectivity index (χ0n) is 11.8. The molecule has 2 N–H and O–H groups in total. The third-order valence-electron chi connectivity index (χ3n) is 3.82. The fourth-order valence-corrected chi connectivity index (χ4v) is 3.26. The van der Waals surface area contributed by atoms with Crippen LogP contribution in [-0.4, -0.2) is 31.8 Å². The van der Waals surface area contributed by atoms with Gasteiger partial charge in [-0.1, -0.05) is 13.3 Å². The number of fused-ring (bicyclic) bond motifs is 1. The average Bonchev–Trinajstić information content (AvgIpc) is 2.89. The van der Waals surface area contributed by atoms with Crippen molar-refractivity contribution in [2.45, 2.75) is 38.6 Å². The molecule has 1 unspecified atom stereocenters. The molecule has 0 aromatic carbocycles. The molecular weight excluding hydrogens is 274 g/mol. The van der Waals surface area contributed by atoms with Gasteiger partial charge in [-0.2, -0.15) is 5.10 Å². The predicted molar refractivity (Wildman–Crippen MR) is 79.2 cm³/mol. The van der Waals surface area contributed by atoms with Crippen molar-refractivity contribution in [3.8, 4) is 0 Å². The highest BCUT2D eigenvalue weighted by Gasteiger charge is 2.28. The van der Waals surface area contributed by atoms with Crippen molar-refractivity contribution in [1.29, 1.82) is 0 Å². The molecule has 1 atom stereocenters. The van der Waals surface area contributed by atoms with Crippen LogP contribution in [-0.2, 0) is 18.3 Å². The smallest absolute Gasteiger partial charge is 0.243 e. The number of carbonyl (C=O) groups excluding carboxylic acids is 1. The number of aromatic nitrogens is 4. The predicted octanol–water partition coefficient (Wildman–Crippen LogP) is 1.84. The molecule has 1 amide bonds. The van der Waals surface area contributed by atoms with Gasteiger partial charge in [0.15, 0.2) is 10.4 Å². The Morgan fingerprint density at radius 3 is 3.00 bits per heavy atom. The molecule has 1 aliphatic rings. The number of H-pyrrole nitrogens is 1. The molecule has 7 heteroatoms. The maximum atomic E-state index is 12.1. The van der Waals surface area contributed by atoms with E-state index in [0.29, 0.717) is 4.77 Å². The first kappa shape index (κ1) is 13.4. The van der Waals surface area contributed by atoms with E-state index in [0.717, 1.165) is 49.1 Å². The summed E-state index contributed by atoms with van der Waals surface area (Å²) in [5.41, 5.74) is 2.91. The number of imidazole rings is 1. The Morgan fingerprint density at radius 1 is 1.50 bits per heavy atom. The number of amides is 1. The highest BCUT2D eigenvalue weighted by atomic mass is 32.1. The van der Waals surface area contributed by atoms with Gasteiger partial charge in [0.25, 0.3) is 0 Å². The number of nitrogens with one attached hydrogen (secondary N) is 2. The van der Waals surface area contributed by atoms with E-state index in [4.69, 9.17) is 12.2 Å². The average molecular weight is 293 g/mol. The van der Waals surface area contributed by atoms with Crippen molar-refractivity contribution >= 4 is 29.3 Å². The summed E-state index contributed by atoms with van der Waals surface area (Å²) in [7, 11) is 1.90. The van der Waals surface area contributed by atoms with Crippen molar-refractivity contribution in [2.24, 2.45) is 7.05 Å². The van der Waals surface area contributed by atoms with Crippen LogP contribution in [0.4, 0.5) is 0 Å². The summed E-state index contributed by atoms with van der Waals surface area (Å²) in [5, 5.41) is 7.46. The SMILES string of the molecule is CCCc1nn(C)c2c1[nH]c(=S)n2C1CCCNC1=O. The second kappa shape index (κ2) is 5.05. The Hall–Kier alpha value is -1.63. The molecule has 1 fully saturated rings. The Labute approximate surface area is 122 Å². The monoisotopic (exact) mass is 293 g/mol. The van der Waals surface area contributed by atoms with E-state index in [9.17, 15) is 4.79 Å². The summed E-state index contributed by atoms with van der Waals surface area (Å²) in [4.78, 5) is 15.3. The Kier molecular flexibility index (Phi) is 3.37. The first-order chi connectivity index (χ1) is 9.63. The van der Waals surface area contributed by atoms with Crippen LogP contribution in [0.5, 0.6) is 0 Å². The van der Waals surface area contributed by atoms with E-state index in [1.165, 1.54) is 0 Å². The van der Waals surface area contributed by atoms with Crippen LogP contribution in [0.3, 0.4) is 0 Å². The molecule has 0 saturated carbocycles. The topological polar surface area (TPSA) is 67.6 Å². The largest absolute Gasteiger partial charge is 0.354 e. The number of nitrogens with zero attached hydrogens (tertiary/aromatic N) is 3. The maximum absolute atomic E-state index is 12.1. The van der Waals surface area contributed by atoms with Crippen LogP contribution >= 0.6 is 12.2 Å². The van der Waals surface area contributed by atoms with Crippen LogP contribution in [0.15, 0.2) is 0 Å². The van der Waals surface area contributed by atoms with Crippen molar-refractivity contribution in [3.63, 3.8) is 0 Å². The summed E-state index contributed by atoms with van der Waals surface area (Å²) in [5.74, 6) is 0.0477. The van der Waals surface area contributed by atoms with Crippen molar-refractivity contribution in [3.05, 3.63) is 10.5 Å². The van der Waals surface area contributed by atoms with Gasteiger partial charge >= 0.3 is 0 Å². The standard InChI is InChI=1S/C13H19N5OS/c1-3-5-8-10-12(17(2)16-8)18(13(20)15-10)9-6-4-7-14-11(9)19/h9H,3-7H2,1-2H3,(H,14,19)(H,15,20). The molecule has 6 nitrogen and oxygen atoms in total. The highest BCUT2D eigenvalue weighted by Crippen LogP contribution is 2.26. The number of piperidine rings is 1. The quantitative estimate of drug-likeness (QED) is 0.849. The molecule has 0 aliphatic carbocycles. The zero-order valence-corrected chi connectivity index (χ0v) is 12.6. The molecule has 3 rings (SSSR count). The van der Waals surface area contributed by atoms with Crippen LogP contribution in [0.1, 0.15) is 37.9 Å². The third kappa shape index (κ3) is 1.96. The van der Waals surface area contributed by atoms with Crippen molar-refractivity contribution in [2.75, 3.05) is 6.54 Å². The Morgan fingerprint density at radius 2 is 2.30 bits per heavy atom. The van der Waals surface area contributed by atoms with Gasteiger partial charge in [0, 0.05) is 13.6 Å². The van der Waals surface area contributed by atoms with Gasteiger partial charge in [-0.3, -0.25) is 14.0 Å². The van der Waals surface area contributed by atoms with Gasteiger partial charge in [0.05, 0.1) is 5.69 Å². The molecule has 2 aromatic heterocycles. The number of carbonyl (C=O) groups is 1. The number of hydrogen-bond donors (Lipinski definition) is 2. The fraction of sp³-hybridized carbons (Fsp3) is 0.615. The van der Waals surface area contributed by atoms with E-state index in [1.807, 2.05) is 16.3 Å². The number of rotatable bonds is 3. The second-order valence-electron chi connectivity index (χ2n) is 5.27. The summed E-state index contributed by atoms with van der Waals surface area (Å²) in [6, 6.07) is -0.227. The lowest BCUT2D eigenvalue weighted by Crippen LogP contribution is -2.38. The first-order valence-corrected chi connectivity index (χ1v) is 7.48. The van der Waals surface area contributed by atoms with Gasteiger partial charge in [-0.05, 0) is 31.5 Å². The Bertz CT molecular complexity index is 710. The fourth-order valence-electron chi connectivity index (χ4n) is 2.94. The lowest BCUT2D eigenvalue weighted by molar-refractivity contribution is -0.125. The van der Waals surface area contributed by atoms with E-state index < -0.39 is 0 Å². The van der Waals surface area contributed by atoms with Gasteiger partial charge < -0.3 is 10.3 Å². The number of hydrogen-bond acceptors (Lipinski definition) is 3. The maximum Gasteiger partial charge on any atom is 0.243 e. The minimum Gasteiger partial charge on any atom is -0.354 e. The van der Waals surface area contributed by atoms with Crippen LogP contribution in [0.2, 0.25) is 0 Å². The minimum absolute atomic E-state index is 0.0477. The number of aryl methyl sites for hydroxylation is 2. The Balaban J connectivity index is 2.17. The molecule has 20 heavy (non-hydrogen) atoms. The summed E-state index contributed by atoms with van der Waals surface area (Å²) in [6.45, 7) is 2.88. The highest BCUT2D eigenvalue weighted by molar-refractivity contribution is 7.71. The van der Waals surface area contributed by atoms with E-state index in [-0.39, 0.29) is 11.9 Å². The molecular formula is C13H19N5OS. The molecule has 0 bridgehead atoms. The third-order valence-corrected chi connectivity index (χ3v) is 4.12. The van der Waals surface area contributed by atoms with E-state index in [1.54, 1.807) is 0 Å². The molecule has 1 saturated heterocycles. The first-order valence-electron chi connectivity index (χ1n) is 7.07. The van der Waals surface area contributed by atoms with Crippen molar-refractivity contribution in [1.82, 2.24) is 24.6 Å². The molecule has 2 aromatic rings. The van der Waals surface area contributed by atoms with Gasteiger partial charge in [-0.25, -0.2) is 0 Å². The number of aromatic amines is 1. The molecule has 108 valence electrons.